The van der Waals surface area contributed by atoms with Gasteiger partial charge in [0.25, 0.3) is 0 Å². The highest BCUT2D eigenvalue weighted by atomic mass is 19.1. The normalized spacial score (nSPS) is 23.9. The zero-order chi connectivity index (χ0) is 13.1. The molecule has 0 spiro atoms. The van der Waals surface area contributed by atoms with Crippen molar-refractivity contribution in [3.8, 4) is 0 Å². The van der Waals surface area contributed by atoms with Crippen molar-refractivity contribution >= 4 is 5.78 Å². The molecular formula is C14H17F2NO. The smallest absolute Gasteiger partial charge is 0.140 e. The van der Waals surface area contributed by atoms with E-state index < -0.39 is 11.6 Å². The first-order valence-electron chi connectivity index (χ1n) is 6.28. The molecule has 0 aliphatic heterocycles. The average Bonchev–Trinajstić information content (AvgIpc) is 2.32. The molecule has 0 saturated heterocycles. The standard InChI is InChI=1S/C14H17F2NO/c15-11-5-4-9(13(16)8-11)7-14(18)10-2-1-3-12(17)6-10/h4-5,8,10,12H,1-3,6-7,17H2. The van der Waals surface area contributed by atoms with Gasteiger partial charge < -0.3 is 5.73 Å². The monoisotopic (exact) mass is 253 g/mol. The minimum atomic E-state index is -0.650. The molecule has 2 rings (SSSR count). The third-order valence-electron chi connectivity index (χ3n) is 3.55. The molecule has 2 nitrogen and oxygen atoms in total. The molecule has 2 N–H and O–H groups in total. The van der Waals surface area contributed by atoms with Gasteiger partial charge >= 0.3 is 0 Å². The summed E-state index contributed by atoms with van der Waals surface area (Å²) in [6.45, 7) is 0. The number of Topliss-reactive ketones (excluding diaryl/α,β-unsaturated/α-hetero) is 1. The largest absolute Gasteiger partial charge is 0.328 e. The van der Waals surface area contributed by atoms with Gasteiger partial charge in [0.1, 0.15) is 17.4 Å². The van der Waals surface area contributed by atoms with Crippen LogP contribution in [0.4, 0.5) is 8.78 Å². The van der Waals surface area contributed by atoms with Crippen LogP contribution in [-0.2, 0) is 11.2 Å². The van der Waals surface area contributed by atoms with Crippen LogP contribution in [-0.4, -0.2) is 11.8 Å². The first-order valence-corrected chi connectivity index (χ1v) is 6.28. The van der Waals surface area contributed by atoms with Crippen LogP contribution in [0, 0.1) is 17.6 Å². The molecule has 2 atom stereocenters. The van der Waals surface area contributed by atoms with Crippen LogP contribution < -0.4 is 5.73 Å². The number of carbonyl (C=O) groups excluding carboxylic acids is 1. The third-order valence-corrected chi connectivity index (χ3v) is 3.55. The lowest BCUT2D eigenvalue weighted by atomic mass is 9.82. The van der Waals surface area contributed by atoms with E-state index in [9.17, 15) is 13.6 Å². The first-order chi connectivity index (χ1) is 8.56. The van der Waals surface area contributed by atoms with Gasteiger partial charge in [-0.05, 0) is 30.9 Å². The summed E-state index contributed by atoms with van der Waals surface area (Å²) in [5.41, 5.74) is 6.09. The van der Waals surface area contributed by atoms with Gasteiger partial charge in [-0.1, -0.05) is 12.5 Å². The van der Waals surface area contributed by atoms with Crippen molar-refractivity contribution in [3.05, 3.63) is 35.4 Å². The second-order valence-corrected chi connectivity index (χ2v) is 5.00. The highest BCUT2D eigenvalue weighted by Gasteiger charge is 2.25. The SMILES string of the molecule is NC1CCCC(C(=O)Cc2ccc(F)cc2F)C1. The lowest BCUT2D eigenvalue weighted by molar-refractivity contribution is -0.123. The van der Waals surface area contributed by atoms with Gasteiger partial charge in [0.05, 0.1) is 0 Å². The Morgan fingerprint density at radius 2 is 2.11 bits per heavy atom. The predicted molar refractivity (Wildman–Crippen MR) is 65.0 cm³/mol. The second-order valence-electron chi connectivity index (χ2n) is 5.00. The van der Waals surface area contributed by atoms with E-state index in [4.69, 9.17) is 5.73 Å². The zero-order valence-corrected chi connectivity index (χ0v) is 10.2. The molecule has 18 heavy (non-hydrogen) atoms. The van der Waals surface area contributed by atoms with Gasteiger partial charge in [-0.25, -0.2) is 8.78 Å². The van der Waals surface area contributed by atoms with Crippen LogP contribution in [0.3, 0.4) is 0 Å². The van der Waals surface area contributed by atoms with Gasteiger partial charge in [0.2, 0.25) is 0 Å². The maximum atomic E-state index is 13.4. The number of carbonyl (C=O) groups is 1. The Balaban J connectivity index is 2.02. The highest BCUT2D eigenvalue weighted by molar-refractivity contribution is 5.83. The summed E-state index contributed by atoms with van der Waals surface area (Å²) in [7, 11) is 0. The van der Waals surface area contributed by atoms with E-state index in [-0.39, 0.29) is 29.7 Å². The Labute approximate surface area is 105 Å². The first kappa shape index (κ1) is 13.1. The summed E-state index contributed by atoms with van der Waals surface area (Å²) >= 11 is 0. The molecule has 98 valence electrons. The molecule has 0 bridgehead atoms. The Bertz CT molecular complexity index is 447. The minimum absolute atomic E-state index is 0.00987. The molecule has 0 aromatic heterocycles. The molecule has 0 radical (unpaired) electrons. The molecule has 0 amide bonds. The quantitative estimate of drug-likeness (QED) is 0.899. The third kappa shape index (κ3) is 3.13. The minimum Gasteiger partial charge on any atom is -0.328 e. The van der Waals surface area contributed by atoms with Crippen LogP contribution in [0.2, 0.25) is 0 Å². The Hall–Kier alpha value is -1.29. The van der Waals surface area contributed by atoms with Gasteiger partial charge in [0.15, 0.2) is 0 Å². The molecule has 1 aliphatic carbocycles. The van der Waals surface area contributed by atoms with E-state index in [1.54, 1.807) is 0 Å². The Morgan fingerprint density at radius 3 is 2.78 bits per heavy atom. The highest BCUT2D eigenvalue weighted by Crippen LogP contribution is 2.25. The van der Waals surface area contributed by atoms with E-state index >= 15 is 0 Å². The van der Waals surface area contributed by atoms with Crippen molar-refractivity contribution in [1.82, 2.24) is 0 Å². The number of nitrogens with two attached hydrogens (primary N) is 1. The number of ketones is 1. The van der Waals surface area contributed by atoms with Gasteiger partial charge in [0, 0.05) is 24.4 Å². The number of hydrogen-bond acceptors (Lipinski definition) is 2. The van der Waals surface area contributed by atoms with Crippen molar-refractivity contribution in [2.75, 3.05) is 0 Å². The van der Waals surface area contributed by atoms with E-state index in [0.29, 0.717) is 6.42 Å². The van der Waals surface area contributed by atoms with E-state index in [1.165, 1.54) is 12.1 Å². The summed E-state index contributed by atoms with van der Waals surface area (Å²) in [5, 5.41) is 0. The average molecular weight is 253 g/mol. The molecule has 2 unspecified atom stereocenters. The lowest BCUT2D eigenvalue weighted by Crippen LogP contribution is -2.32. The fourth-order valence-corrected chi connectivity index (χ4v) is 2.52. The Kier molecular flexibility index (Phi) is 4.07. The number of rotatable bonds is 3. The number of hydrogen-bond donors (Lipinski definition) is 1. The fourth-order valence-electron chi connectivity index (χ4n) is 2.52. The summed E-state index contributed by atoms with van der Waals surface area (Å²) in [5.74, 6) is -1.33. The number of benzene rings is 1. The fraction of sp³-hybridized carbons (Fsp3) is 0.500. The van der Waals surface area contributed by atoms with Crippen molar-refractivity contribution in [2.45, 2.75) is 38.1 Å². The summed E-state index contributed by atoms with van der Waals surface area (Å²) in [6.07, 6.45) is 3.44. The molecule has 1 aromatic carbocycles. The van der Waals surface area contributed by atoms with Crippen molar-refractivity contribution in [2.24, 2.45) is 11.7 Å². The van der Waals surface area contributed by atoms with Gasteiger partial charge in [-0.2, -0.15) is 0 Å². The van der Waals surface area contributed by atoms with Crippen LogP contribution in [0.5, 0.6) is 0 Å². The maximum absolute atomic E-state index is 13.4. The van der Waals surface area contributed by atoms with Crippen molar-refractivity contribution < 1.29 is 13.6 Å². The molecule has 1 aromatic rings. The number of halogens is 2. The summed E-state index contributed by atoms with van der Waals surface area (Å²) in [4.78, 5) is 12.0. The second kappa shape index (κ2) is 5.57. The predicted octanol–water partition coefficient (Wildman–Crippen LogP) is 2.59. The van der Waals surface area contributed by atoms with Gasteiger partial charge in [-0.15, -0.1) is 0 Å². The molecule has 4 heteroatoms. The molecule has 0 heterocycles. The van der Waals surface area contributed by atoms with Crippen LogP contribution in [0.1, 0.15) is 31.2 Å². The zero-order valence-electron chi connectivity index (χ0n) is 10.2. The van der Waals surface area contributed by atoms with Crippen LogP contribution in [0.15, 0.2) is 18.2 Å². The van der Waals surface area contributed by atoms with E-state index in [0.717, 1.165) is 25.3 Å². The lowest BCUT2D eigenvalue weighted by Gasteiger charge is -2.25. The van der Waals surface area contributed by atoms with Crippen LogP contribution in [0.25, 0.3) is 0 Å². The summed E-state index contributed by atoms with van der Waals surface area (Å²) < 4.78 is 26.2. The van der Waals surface area contributed by atoms with E-state index in [2.05, 4.69) is 0 Å². The molecule has 1 saturated carbocycles. The van der Waals surface area contributed by atoms with Gasteiger partial charge in [-0.3, -0.25) is 4.79 Å². The van der Waals surface area contributed by atoms with Crippen molar-refractivity contribution in [1.29, 1.82) is 0 Å². The van der Waals surface area contributed by atoms with Crippen molar-refractivity contribution in [3.63, 3.8) is 0 Å². The molecule has 1 fully saturated rings. The maximum Gasteiger partial charge on any atom is 0.140 e. The molecule has 1 aliphatic rings. The molecular weight excluding hydrogens is 236 g/mol. The Morgan fingerprint density at radius 1 is 1.33 bits per heavy atom. The van der Waals surface area contributed by atoms with E-state index in [1.807, 2.05) is 0 Å². The topological polar surface area (TPSA) is 43.1 Å². The van der Waals surface area contributed by atoms with Crippen LogP contribution >= 0.6 is 0 Å². The summed E-state index contributed by atoms with van der Waals surface area (Å²) in [6, 6.07) is 3.41.